The normalized spacial score (nSPS) is 10.4. The molecule has 1 heterocycles. The molecule has 0 aliphatic carbocycles. The van der Waals surface area contributed by atoms with Crippen molar-refractivity contribution in [1.29, 1.82) is 0 Å². The minimum atomic E-state index is -0.352. The second kappa shape index (κ2) is 10.2. The fourth-order valence-electron chi connectivity index (χ4n) is 2.29. The number of anilines is 2. The quantitative estimate of drug-likeness (QED) is 0.670. The Morgan fingerprint density at radius 2 is 2.04 bits per heavy atom. The number of benzene rings is 1. The van der Waals surface area contributed by atoms with Crippen LogP contribution in [0.5, 0.6) is 0 Å². The maximum atomic E-state index is 12.6. The topological polar surface area (TPSA) is 96.7 Å². The van der Waals surface area contributed by atoms with Crippen molar-refractivity contribution in [3.63, 3.8) is 0 Å². The van der Waals surface area contributed by atoms with E-state index in [9.17, 15) is 9.59 Å². The summed E-state index contributed by atoms with van der Waals surface area (Å²) < 4.78 is 9.99. The number of urea groups is 1. The summed E-state index contributed by atoms with van der Waals surface area (Å²) in [6.45, 7) is 5.25. The molecule has 1 aromatic heterocycles. The zero-order valence-corrected chi connectivity index (χ0v) is 15.0. The molecule has 8 heteroatoms. The Morgan fingerprint density at radius 1 is 1.23 bits per heavy atom. The van der Waals surface area contributed by atoms with Gasteiger partial charge in [-0.05, 0) is 31.9 Å². The largest absolute Gasteiger partial charge is 0.382 e. The van der Waals surface area contributed by atoms with Crippen molar-refractivity contribution in [3.8, 4) is 0 Å². The highest BCUT2D eigenvalue weighted by Crippen LogP contribution is 2.14. The van der Waals surface area contributed by atoms with Crippen LogP contribution < -0.4 is 10.6 Å². The number of hydrogen-bond donors (Lipinski definition) is 2. The molecule has 0 spiro atoms. The number of hydrogen-bond acceptors (Lipinski definition) is 5. The lowest BCUT2D eigenvalue weighted by Crippen LogP contribution is -2.41. The number of aromatic nitrogens is 1. The average Bonchev–Trinajstić information content (AvgIpc) is 3.12. The Balaban J connectivity index is 1.98. The van der Waals surface area contributed by atoms with E-state index >= 15 is 0 Å². The van der Waals surface area contributed by atoms with Crippen molar-refractivity contribution >= 4 is 23.4 Å². The number of ether oxygens (including phenoxy) is 1. The first-order chi connectivity index (χ1) is 12.6. The smallest absolute Gasteiger partial charge is 0.322 e. The van der Waals surface area contributed by atoms with E-state index in [0.29, 0.717) is 37.7 Å². The predicted octanol–water partition coefficient (Wildman–Crippen LogP) is 2.88. The molecule has 0 atom stereocenters. The molecule has 3 amide bonds. The summed E-state index contributed by atoms with van der Waals surface area (Å²) >= 11 is 0. The van der Waals surface area contributed by atoms with Gasteiger partial charge >= 0.3 is 6.03 Å². The number of amides is 3. The van der Waals surface area contributed by atoms with Crippen molar-refractivity contribution in [1.82, 2.24) is 10.1 Å². The number of rotatable bonds is 9. The molecule has 0 radical (unpaired) electrons. The van der Waals surface area contributed by atoms with Gasteiger partial charge in [0.25, 0.3) is 0 Å². The number of carbonyl (C=O) groups excluding carboxylic acids is 2. The van der Waals surface area contributed by atoms with Gasteiger partial charge in [-0.25, -0.2) is 4.79 Å². The number of nitrogens with zero attached hydrogens (tertiary/aromatic N) is 2. The maximum absolute atomic E-state index is 12.6. The fourth-order valence-corrected chi connectivity index (χ4v) is 2.29. The van der Waals surface area contributed by atoms with Gasteiger partial charge < -0.3 is 24.8 Å². The molecule has 0 unspecified atom stereocenters. The summed E-state index contributed by atoms with van der Waals surface area (Å²) in [5, 5.41) is 9.06. The zero-order chi connectivity index (χ0) is 18.8. The highest BCUT2D eigenvalue weighted by atomic mass is 16.5. The maximum Gasteiger partial charge on any atom is 0.322 e. The number of aryl methyl sites for hydroxylation is 1. The highest BCUT2D eigenvalue weighted by Gasteiger charge is 2.18. The van der Waals surface area contributed by atoms with Crippen LogP contribution >= 0.6 is 0 Å². The molecular formula is C18H24N4O4. The summed E-state index contributed by atoms with van der Waals surface area (Å²) in [6.07, 6.45) is 1.99. The van der Waals surface area contributed by atoms with Crippen LogP contribution in [0.3, 0.4) is 0 Å². The first-order valence-electron chi connectivity index (χ1n) is 8.49. The summed E-state index contributed by atoms with van der Waals surface area (Å²) in [5.74, 6) is -0.0428. The minimum absolute atomic E-state index is 0.100. The summed E-state index contributed by atoms with van der Waals surface area (Å²) in [7, 11) is 0. The van der Waals surface area contributed by atoms with E-state index < -0.39 is 0 Å². The molecular weight excluding hydrogens is 336 g/mol. The molecule has 0 saturated heterocycles. The van der Waals surface area contributed by atoms with Crippen LogP contribution in [-0.4, -0.2) is 48.3 Å². The van der Waals surface area contributed by atoms with Crippen LogP contribution in [0.4, 0.5) is 16.3 Å². The van der Waals surface area contributed by atoms with Gasteiger partial charge in [-0.2, -0.15) is 0 Å². The van der Waals surface area contributed by atoms with Gasteiger partial charge in [-0.3, -0.25) is 4.79 Å². The first kappa shape index (κ1) is 19.5. The molecule has 8 nitrogen and oxygen atoms in total. The Labute approximate surface area is 152 Å². The molecule has 2 N–H and O–H groups in total. The fraction of sp³-hybridized carbons (Fsp3) is 0.389. The summed E-state index contributed by atoms with van der Waals surface area (Å²) in [6, 6.07) is 8.67. The van der Waals surface area contributed by atoms with E-state index in [2.05, 4.69) is 20.3 Å². The van der Waals surface area contributed by atoms with Crippen molar-refractivity contribution < 1.29 is 18.8 Å². The molecule has 0 fully saturated rings. The lowest BCUT2D eigenvalue weighted by atomic mass is 10.2. The molecule has 0 saturated carbocycles. The standard InChI is InChI=1S/C18H24N4O4/c1-3-25-11-6-10-22(13-17(23)20-16-9-12-26-21-16)18(24)19-15-8-5-4-7-14(15)2/h4-5,7-9,12H,3,6,10-11,13H2,1-2H3,(H,19,24)(H,20,21,23). The molecule has 1 aromatic carbocycles. The lowest BCUT2D eigenvalue weighted by Gasteiger charge is -2.23. The third kappa shape index (κ3) is 6.21. The third-order valence-corrected chi connectivity index (χ3v) is 3.63. The summed E-state index contributed by atoms with van der Waals surface area (Å²) in [5.41, 5.74) is 1.66. The number of para-hydroxylation sites is 1. The summed E-state index contributed by atoms with van der Waals surface area (Å²) in [4.78, 5) is 26.3. The van der Waals surface area contributed by atoms with Gasteiger partial charge in [-0.15, -0.1) is 0 Å². The van der Waals surface area contributed by atoms with E-state index in [1.807, 2.05) is 38.1 Å². The number of carbonyl (C=O) groups is 2. The highest BCUT2D eigenvalue weighted by molar-refractivity contribution is 5.96. The molecule has 0 aliphatic rings. The van der Waals surface area contributed by atoms with E-state index in [1.54, 1.807) is 0 Å². The van der Waals surface area contributed by atoms with E-state index in [-0.39, 0.29) is 18.5 Å². The Morgan fingerprint density at radius 3 is 2.73 bits per heavy atom. The second-order valence-electron chi connectivity index (χ2n) is 5.65. The van der Waals surface area contributed by atoms with Gasteiger partial charge in [-0.1, -0.05) is 23.4 Å². The molecule has 2 rings (SSSR count). The third-order valence-electron chi connectivity index (χ3n) is 3.63. The van der Waals surface area contributed by atoms with Crippen molar-refractivity contribution in [2.75, 3.05) is 36.9 Å². The Hall–Kier alpha value is -2.87. The van der Waals surface area contributed by atoms with Crippen LogP contribution in [0.25, 0.3) is 0 Å². The van der Waals surface area contributed by atoms with Crippen molar-refractivity contribution in [3.05, 3.63) is 42.2 Å². The van der Waals surface area contributed by atoms with Crippen LogP contribution in [-0.2, 0) is 9.53 Å². The van der Waals surface area contributed by atoms with Gasteiger partial charge in [0.2, 0.25) is 5.91 Å². The van der Waals surface area contributed by atoms with Crippen LogP contribution in [0.2, 0.25) is 0 Å². The zero-order valence-electron chi connectivity index (χ0n) is 15.0. The molecule has 0 aliphatic heterocycles. The van der Waals surface area contributed by atoms with Crippen molar-refractivity contribution in [2.24, 2.45) is 0 Å². The van der Waals surface area contributed by atoms with E-state index in [1.165, 1.54) is 17.2 Å². The Kier molecular flexibility index (Phi) is 7.63. The number of nitrogens with one attached hydrogen (secondary N) is 2. The van der Waals surface area contributed by atoms with Gasteiger partial charge in [0.05, 0.1) is 0 Å². The van der Waals surface area contributed by atoms with Crippen LogP contribution in [0.1, 0.15) is 18.9 Å². The first-order valence-corrected chi connectivity index (χ1v) is 8.49. The molecule has 140 valence electrons. The monoisotopic (exact) mass is 360 g/mol. The van der Waals surface area contributed by atoms with Crippen molar-refractivity contribution in [2.45, 2.75) is 20.3 Å². The predicted molar refractivity (Wildman–Crippen MR) is 98.0 cm³/mol. The van der Waals surface area contributed by atoms with E-state index in [0.717, 1.165) is 5.56 Å². The average molecular weight is 360 g/mol. The van der Waals surface area contributed by atoms with Crippen LogP contribution in [0.15, 0.2) is 41.1 Å². The minimum Gasteiger partial charge on any atom is -0.382 e. The molecule has 2 aromatic rings. The molecule has 26 heavy (non-hydrogen) atoms. The molecule has 0 bridgehead atoms. The van der Waals surface area contributed by atoms with Gasteiger partial charge in [0.15, 0.2) is 5.82 Å². The van der Waals surface area contributed by atoms with Gasteiger partial charge in [0, 0.05) is 31.5 Å². The van der Waals surface area contributed by atoms with Gasteiger partial charge in [0.1, 0.15) is 12.8 Å². The lowest BCUT2D eigenvalue weighted by molar-refractivity contribution is -0.116. The second-order valence-corrected chi connectivity index (χ2v) is 5.65. The SMILES string of the molecule is CCOCCCN(CC(=O)Nc1ccon1)C(=O)Nc1ccccc1C. The van der Waals surface area contributed by atoms with Crippen LogP contribution in [0, 0.1) is 6.92 Å². The Bertz CT molecular complexity index is 703. The van der Waals surface area contributed by atoms with E-state index in [4.69, 9.17) is 4.74 Å².